The van der Waals surface area contributed by atoms with Crippen LogP contribution in [-0.4, -0.2) is 30.4 Å². The zero-order chi connectivity index (χ0) is 17.9. The number of ketones is 1. The maximum absolute atomic E-state index is 12.6. The Morgan fingerprint density at radius 3 is 2.65 bits per heavy atom. The number of rotatable bonds is 4. The number of fused-ring (bicyclic) bond motifs is 1. The molecule has 0 saturated carbocycles. The summed E-state index contributed by atoms with van der Waals surface area (Å²) in [5.41, 5.74) is 2.83. The number of hydrogen-bond acceptors (Lipinski definition) is 4. The second-order valence-electron chi connectivity index (χ2n) is 6.52. The molecule has 2 aliphatic rings. The summed E-state index contributed by atoms with van der Waals surface area (Å²) < 4.78 is 11.1. The van der Waals surface area contributed by atoms with E-state index in [9.17, 15) is 4.79 Å². The van der Waals surface area contributed by atoms with E-state index in [1.165, 1.54) is 5.56 Å². The summed E-state index contributed by atoms with van der Waals surface area (Å²) in [4.78, 5) is 14.7. The monoisotopic (exact) mass is 347 g/mol. The van der Waals surface area contributed by atoms with Crippen LogP contribution in [0.2, 0.25) is 0 Å². The summed E-state index contributed by atoms with van der Waals surface area (Å²) in [5, 5.41) is 0. The van der Waals surface area contributed by atoms with Gasteiger partial charge < -0.3 is 14.4 Å². The van der Waals surface area contributed by atoms with Crippen LogP contribution in [0.5, 0.6) is 11.5 Å². The molecule has 0 N–H and O–H groups in total. The Bertz CT molecular complexity index is 870. The highest BCUT2D eigenvalue weighted by atomic mass is 16.6. The summed E-state index contributed by atoms with van der Waals surface area (Å²) in [6.45, 7) is 3.87. The van der Waals surface area contributed by atoms with Crippen molar-refractivity contribution in [3.8, 4) is 11.5 Å². The van der Waals surface area contributed by atoms with Crippen LogP contribution in [0.15, 0.2) is 72.6 Å². The van der Waals surface area contributed by atoms with Crippen molar-refractivity contribution < 1.29 is 14.3 Å². The maximum Gasteiger partial charge on any atom is 0.187 e. The van der Waals surface area contributed by atoms with Crippen LogP contribution in [0, 0.1) is 0 Å². The number of benzene rings is 2. The van der Waals surface area contributed by atoms with Crippen LogP contribution >= 0.6 is 0 Å². The van der Waals surface area contributed by atoms with E-state index in [1.807, 2.05) is 13.0 Å². The van der Waals surface area contributed by atoms with Gasteiger partial charge in [-0.15, -0.1) is 0 Å². The summed E-state index contributed by atoms with van der Waals surface area (Å²) >= 11 is 0. The van der Waals surface area contributed by atoms with Gasteiger partial charge in [-0.3, -0.25) is 4.79 Å². The van der Waals surface area contributed by atoms with Crippen LogP contribution in [0.1, 0.15) is 28.8 Å². The van der Waals surface area contributed by atoms with Crippen molar-refractivity contribution in [1.29, 1.82) is 0 Å². The number of ether oxygens (including phenoxy) is 2. The average Bonchev–Trinajstić information content (AvgIpc) is 3.18. The van der Waals surface area contributed by atoms with Gasteiger partial charge >= 0.3 is 0 Å². The summed E-state index contributed by atoms with van der Waals surface area (Å²) in [6, 6.07) is 15.7. The number of carbonyl (C=O) groups excluding carboxylic acids is 1. The SMILES string of the molecule is C/C(=C\C(=O)c1ccc2c(c1)OCCO2)N1C=CC(c2ccccc2)C1. The number of carbonyl (C=O) groups is 1. The largest absolute Gasteiger partial charge is 0.486 e. The predicted octanol–water partition coefficient (Wildman–Crippen LogP) is 4.16. The Morgan fingerprint density at radius 1 is 1.08 bits per heavy atom. The molecular weight excluding hydrogens is 326 g/mol. The fourth-order valence-electron chi connectivity index (χ4n) is 3.27. The number of nitrogens with zero attached hydrogens (tertiary/aromatic N) is 1. The topological polar surface area (TPSA) is 38.8 Å². The minimum absolute atomic E-state index is 0.0314. The maximum atomic E-state index is 12.6. The lowest BCUT2D eigenvalue weighted by atomic mass is 10.0. The molecule has 1 unspecified atom stereocenters. The molecule has 0 fully saturated rings. The summed E-state index contributed by atoms with van der Waals surface area (Å²) in [7, 11) is 0. The van der Waals surface area contributed by atoms with E-state index in [2.05, 4.69) is 41.4 Å². The quantitative estimate of drug-likeness (QED) is 0.615. The van der Waals surface area contributed by atoms with Gasteiger partial charge in [0.15, 0.2) is 17.3 Å². The van der Waals surface area contributed by atoms with E-state index in [1.54, 1.807) is 24.3 Å². The normalized spacial score (nSPS) is 18.9. The van der Waals surface area contributed by atoms with Crippen molar-refractivity contribution in [1.82, 2.24) is 4.90 Å². The highest BCUT2D eigenvalue weighted by molar-refractivity contribution is 6.05. The van der Waals surface area contributed by atoms with Gasteiger partial charge in [0.05, 0.1) is 0 Å². The van der Waals surface area contributed by atoms with Gasteiger partial charge in [-0.2, -0.15) is 0 Å². The molecule has 0 radical (unpaired) electrons. The van der Waals surface area contributed by atoms with Crippen molar-refractivity contribution in [3.63, 3.8) is 0 Å². The first-order valence-corrected chi connectivity index (χ1v) is 8.83. The van der Waals surface area contributed by atoms with Gasteiger partial charge in [0.1, 0.15) is 13.2 Å². The summed E-state index contributed by atoms with van der Waals surface area (Å²) in [5.74, 6) is 1.65. The minimum Gasteiger partial charge on any atom is -0.486 e. The fourth-order valence-corrected chi connectivity index (χ4v) is 3.27. The second kappa shape index (κ2) is 7.08. The van der Waals surface area contributed by atoms with Gasteiger partial charge in [0, 0.05) is 36.0 Å². The van der Waals surface area contributed by atoms with E-state index in [0.29, 0.717) is 36.2 Å². The molecule has 1 atom stereocenters. The first-order chi connectivity index (χ1) is 12.7. The standard InChI is InChI=1S/C22H21NO3/c1-16(23-10-9-19(15-23)17-5-3-2-4-6-17)13-20(24)18-7-8-21-22(14-18)26-12-11-25-21/h2-10,13-14,19H,11-12,15H2,1H3/b16-13+. The molecule has 0 amide bonds. The minimum atomic E-state index is -0.0314. The second-order valence-corrected chi connectivity index (χ2v) is 6.52. The van der Waals surface area contributed by atoms with E-state index in [0.717, 1.165) is 12.2 Å². The molecule has 4 heteroatoms. The molecule has 2 aliphatic heterocycles. The molecule has 0 aliphatic carbocycles. The molecule has 0 saturated heterocycles. The lowest BCUT2D eigenvalue weighted by Crippen LogP contribution is -2.17. The highest BCUT2D eigenvalue weighted by Gasteiger charge is 2.19. The molecule has 4 rings (SSSR count). The Kier molecular flexibility index (Phi) is 4.48. The van der Waals surface area contributed by atoms with E-state index < -0.39 is 0 Å². The predicted molar refractivity (Wildman–Crippen MR) is 101 cm³/mol. The fraction of sp³-hybridized carbons (Fsp3) is 0.227. The average molecular weight is 347 g/mol. The molecule has 0 spiro atoms. The van der Waals surface area contributed by atoms with Crippen molar-refractivity contribution in [3.05, 3.63) is 83.7 Å². The third-order valence-corrected chi connectivity index (χ3v) is 4.74. The van der Waals surface area contributed by atoms with Crippen molar-refractivity contribution in [2.24, 2.45) is 0 Å². The van der Waals surface area contributed by atoms with Crippen molar-refractivity contribution in [2.45, 2.75) is 12.8 Å². The van der Waals surface area contributed by atoms with Crippen LogP contribution < -0.4 is 9.47 Å². The first-order valence-electron chi connectivity index (χ1n) is 8.83. The smallest absolute Gasteiger partial charge is 0.187 e. The Morgan fingerprint density at radius 2 is 1.85 bits per heavy atom. The molecule has 4 nitrogen and oxygen atoms in total. The lowest BCUT2D eigenvalue weighted by Gasteiger charge is -2.20. The third kappa shape index (κ3) is 3.36. The van der Waals surface area contributed by atoms with Gasteiger partial charge in [-0.1, -0.05) is 36.4 Å². The van der Waals surface area contributed by atoms with Gasteiger partial charge in [-0.25, -0.2) is 0 Å². The third-order valence-electron chi connectivity index (χ3n) is 4.74. The zero-order valence-electron chi connectivity index (χ0n) is 14.7. The molecule has 2 heterocycles. The van der Waals surface area contributed by atoms with Gasteiger partial charge in [-0.05, 0) is 30.7 Å². The molecule has 2 aromatic carbocycles. The Balaban J connectivity index is 1.46. The summed E-state index contributed by atoms with van der Waals surface area (Å²) in [6.07, 6.45) is 5.92. The Labute approximate surface area is 153 Å². The van der Waals surface area contributed by atoms with Gasteiger partial charge in [0.2, 0.25) is 0 Å². The lowest BCUT2D eigenvalue weighted by molar-refractivity contribution is 0.104. The molecule has 2 aromatic rings. The molecule has 132 valence electrons. The van der Waals surface area contributed by atoms with Crippen molar-refractivity contribution >= 4 is 5.78 Å². The zero-order valence-corrected chi connectivity index (χ0v) is 14.7. The van der Waals surface area contributed by atoms with Crippen LogP contribution in [0.3, 0.4) is 0 Å². The van der Waals surface area contributed by atoms with Crippen LogP contribution in [0.4, 0.5) is 0 Å². The van der Waals surface area contributed by atoms with E-state index in [4.69, 9.17) is 9.47 Å². The number of hydrogen-bond donors (Lipinski definition) is 0. The first kappa shape index (κ1) is 16.5. The molecular formula is C22H21NO3. The highest BCUT2D eigenvalue weighted by Crippen LogP contribution is 2.31. The molecule has 0 bridgehead atoms. The van der Waals surface area contributed by atoms with Crippen molar-refractivity contribution in [2.75, 3.05) is 19.8 Å². The molecule has 0 aromatic heterocycles. The molecule has 26 heavy (non-hydrogen) atoms. The van der Waals surface area contributed by atoms with Crippen LogP contribution in [0.25, 0.3) is 0 Å². The number of allylic oxidation sites excluding steroid dienone is 2. The van der Waals surface area contributed by atoms with Gasteiger partial charge in [0.25, 0.3) is 0 Å². The Hall–Kier alpha value is -3.01. The van der Waals surface area contributed by atoms with Crippen LogP contribution in [-0.2, 0) is 0 Å². The van der Waals surface area contributed by atoms with E-state index in [-0.39, 0.29) is 5.78 Å². The van der Waals surface area contributed by atoms with E-state index >= 15 is 0 Å².